The van der Waals surface area contributed by atoms with E-state index in [1.165, 1.54) is 11.3 Å². The normalized spacial score (nSPS) is 15.1. The van der Waals surface area contributed by atoms with Gasteiger partial charge >= 0.3 is 0 Å². The molecule has 92 valence electrons. The number of methoxy groups -OCH3 is 1. The first-order chi connectivity index (χ1) is 7.45. The number of aromatic nitrogens is 2. The topological polar surface area (TPSA) is 53.1 Å². The smallest absolute Gasteiger partial charge is 0.0739 e. The van der Waals surface area contributed by atoms with Crippen molar-refractivity contribution >= 4 is 0 Å². The summed E-state index contributed by atoms with van der Waals surface area (Å²) in [5.41, 5.74) is 9.40. The maximum absolute atomic E-state index is 5.84. The Morgan fingerprint density at radius 2 is 2.00 bits per heavy atom. The van der Waals surface area contributed by atoms with Crippen LogP contribution in [-0.4, -0.2) is 29.0 Å². The summed E-state index contributed by atoms with van der Waals surface area (Å²) in [7, 11) is 1.72. The molecule has 0 saturated carbocycles. The number of nitrogens with two attached hydrogens (primary N) is 1. The van der Waals surface area contributed by atoms with Gasteiger partial charge in [-0.3, -0.25) is 4.68 Å². The summed E-state index contributed by atoms with van der Waals surface area (Å²) in [5.74, 6) is 0. The van der Waals surface area contributed by atoms with E-state index in [4.69, 9.17) is 10.5 Å². The van der Waals surface area contributed by atoms with Crippen LogP contribution in [0.3, 0.4) is 0 Å². The molecule has 1 rings (SSSR count). The lowest BCUT2D eigenvalue weighted by Crippen LogP contribution is -2.19. The summed E-state index contributed by atoms with van der Waals surface area (Å²) in [4.78, 5) is 0. The Morgan fingerprint density at radius 1 is 1.38 bits per heavy atom. The summed E-state index contributed by atoms with van der Waals surface area (Å²) < 4.78 is 7.27. The van der Waals surface area contributed by atoms with Crippen LogP contribution in [0.15, 0.2) is 0 Å². The Bertz CT molecular complexity index is 344. The van der Waals surface area contributed by atoms with Crippen molar-refractivity contribution in [3.05, 3.63) is 17.0 Å². The maximum Gasteiger partial charge on any atom is 0.0739 e. The lowest BCUT2D eigenvalue weighted by molar-refractivity contribution is 0.0991. The van der Waals surface area contributed by atoms with Crippen molar-refractivity contribution in [1.29, 1.82) is 0 Å². The minimum absolute atomic E-state index is 0.176. The monoisotopic (exact) mass is 225 g/mol. The predicted molar refractivity (Wildman–Crippen MR) is 65.5 cm³/mol. The predicted octanol–water partition coefficient (Wildman–Crippen LogP) is 1.42. The first kappa shape index (κ1) is 13.2. The molecule has 0 radical (unpaired) electrons. The summed E-state index contributed by atoms with van der Waals surface area (Å²) in [5, 5.41) is 4.53. The van der Waals surface area contributed by atoms with Crippen LogP contribution in [0, 0.1) is 13.8 Å². The lowest BCUT2D eigenvalue weighted by Gasteiger charge is -2.11. The van der Waals surface area contributed by atoms with Crippen LogP contribution < -0.4 is 5.73 Å². The molecule has 0 aromatic carbocycles. The van der Waals surface area contributed by atoms with Gasteiger partial charge in [0, 0.05) is 18.8 Å². The summed E-state index contributed by atoms with van der Waals surface area (Å²) >= 11 is 0. The van der Waals surface area contributed by atoms with Gasteiger partial charge in [-0.2, -0.15) is 5.10 Å². The fourth-order valence-corrected chi connectivity index (χ4v) is 1.85. The molecule has 1 heterocycles. The van der Waals surface area contributed by atoms with Crippen molar-refractivity contribution in [3.8, 4) is 0 Å². The standard InChI is InChI=1S/C12H23N3O/c1-8(13)6-12-10(3)14-15(11(12)4)7-9(2)16-5/h8-9H,6-7,13H2,1-5H3. The summed E-state index contributed by atoms with van der Waals surface area (Å²) in [6.45, 7) is 9.00. The third kappa shape index (κ3) is 3.06. The van der Waals surface area contributed by atoms with Crippen molar-refractivity contribution in [2.45, 2.75) is 52.8 Å². The second-order valence-corrected chi connectivity index (χ2v) is 4.56. The molecular formula is C12H23N3O. The van der Waals surface area contributed by atoms with E-state index in [1.807, 2.05) is 25.5 Å². The zero-order chi connectivity index (χ0) is 12.3. The van der Waals surface area contributed by atoms with Crippen LogP contribution in [0.25, 0.3) is 0 Å². The first-order valence-electron chi connectivity index (χ1n) is 5.77. The molecule has 0 aliphatic rings. The van der Waals surface area contributed by atoms with Gasteiger partial charge in [-0.15, -0.1) is 0 Å². The molecule has 0 amide bonds. The summed E-state index contributed by atoms with van der Waals surface area (Å²) in [6, 6.07) is 0.176. The Labute approximate surface area is 97.8 Å². The zero-order valence-electron chi connectivity index (χ0n) is 10.9. The molecule has 2 unspecified atom stereocenters. The van der Waals surface area contributed by atoms with Gasteiger partial charge in [-0.25, -0.2) is 0 Å². The van der Waals surface area contributed by atoms with Gasteiger partial charge in [0.25, 0.3) is 0 Å². The molecule has 0 aliphatic carbocycles. The number of nitrogens with zero attached hydrogens (tertiary/aromatic N) is 2. The van der Waals surface area contributed by atoms with E-state index in [-0.39, 0.29) is 12.1 Å². The minimum Gasteiger partial charge on any atom is -0.380 e. The molecule has 4 heteroatoms. The lowest BCUT2D eigenvalue weighted by atomic mass is 10.1. The number of ether oxygens (including phenoxy) is 1. The Morgan fingerprint density at radius 3 is 2.50 bits per heavy atom. The molecule has 1 aromatic heterocycles. The van der Waals surface area contributed by atoms with Gasteiger partial charge in [-0.1, -0.05) is 0 Å². The Balaban J connectivity index is 2.88. The van der Waals surface area contributed by atoms with Gasteiger partial charge < -0.3 is 10.5 Å². The maximum atomic E-state index is 5.84. The fraction of sp³-hybridized carbons (Fsp3) is 0.750. The van der Waals surface area contributed by atoms with E-state index in [9.17, 15) is 0 Å². The van der Waals surface area contributed by atoms with E-state index in [0.29, 0.717) is 0 Å². The average molecular weight is 225 g/mol. The second-order valence-electron chi connectivity index (χ2n) is 4.56. The van der Waals surface area contributed by atoms with Crippen molar-refractivity contribution in [2.75, 3.05) is 7.11 Å². The molecule has 4 nitrogen and oxygen atoms in total. The first-order valence-corrected chi connectivity index (χ1v) is 5.77. The van der Waals surface area contributed by atoms with E-state index >= 15 is 0 Å². The largest absolute Gasteiger partial charge is 0.380 e. The molecule has 2 atom stereocenters. The van der Waals surface area contributed by atoms with Gasteiger partial charge in [0.05, 0.1) is 18.3 Å². The van der Waals surface area contributed by atoms with Crippen LogP contribution in [0.1, 0.15) is 30.8 Å². The zero-order valence-corrected chi connectivity index (χ0v) is 10.9. The highest BCUT2D eigenvalue weighted by molar-refractivity contribution is 5.25. The van der Waals surface area contributed by atoms with Gasteiger partial charge in [0.2, 0.25) is 0 Å². The van der Waals surface area contributed by atoms with Crippen LogP contribution in [0.2, 0.25) is 0 Å². The average Bonchev–Trinajstić information content (AvgIpc) is 2.45. The molecule has 1 aromatic rings. The van der Waals surface area contributed by atoms with Crippen LogP contribution in [-0.2, 0) is 17.7 Å². The number of rotatable bonds is 5. The molecule has 0 spiro atoms. The van der Waals surface area contributed by atoms with Crippen molar-refractivity contribution in [3.63, 3.8) is 0 Å². The molecule has 0 fully saturated rings. The molecular weight excluding hydrogens is 202 g/mol. The van der Waals surface area contributed by atoms with Gasteiger partial charge in [-0.05, 0) is 39.7 Å². The van der Waals surface area contributed by atoms with Crippen molar-refractivity contribution in [1.82, 2.24) is 9.78 Å². The number of aryl methyl sites for hydroxylation is 1. The van der Waals surface area contributed by atoms with Gasteiger partial charge in [0.1, 0.15) is 0 Å². The number of hydrogen-bond acceptors (Lipinski definition) is 3. The highest BCUT2D eigenvalue weighted by atomic mass is 16.5. The van der Waals surface area contributed by atoms with E-state index in [0.717, 1.165) is 18.7 Å². The molecule has 0 aliphatic heterocycles. The summed E-state index contributed by atoms with van der Waals surface area (Å²) in [6.07, 6.45) is 1.07. The van der Waals surface area contributed by atoms with E-state index in [1.54, 1.807) is 7.11 Å². The van der Waals surface area contributed by atoms with E-state index < -0.39 is 0 Å². The molecule has 0 saturated heterocycles. The molecule has 16 heavy (non-hydrogen) atoms. The second kappa shape index (κ2) is 5.46. The number of hydrogen-bond donors (Lipinski definition) is 1. The SMILES string of the molecule is COC(C)Cn1nc(C)c(CC(C)N)c1C. The third-order valence-electron chi connectivity index (χ3n) is 2.89. The van der Waals surface area contributed by atoms with Crippen LogP contribution in [0.4, 0.5) is 0 Å². The highest BCUT2D eigenvalue weighted by Gasteiger charge is 2.14. The highest BCUT2D eigenvalue weighted by Crippen LogP contribution is 2.15. The van der Waals surface area contributed by atoms with Crippen LogP contribution in [0.5, 0.6) is 0 Å². The Kier molecular flexibility index (Phi) is 4.50. The Hall–Kier alpha value is -0.870. The molecule has 0 bridgehead atoms. The quantitative estimate of drug-likeness (QED) is 0.824. The third-order valence-corrected chi connectivity index (χ3v) is 2.89. The van der Waals surface area contributed by atoms with Crippen molar-refractivity contribution < 1.29 is 4.74 Å². The van der Waals surface area contributed by atoms with Crippen molar-refractivity contribution in [2.24, 2.45) is 5.73 Å². The molecule has 2 N–H and O–H groups in total. The van der Waals surface area contributed by atoms with E-state index in [2.05, 4.69) is 12.0 Å². The minimum atomic E-state index is 0.176. The van der Waals surface area contributed by atoms with Gasteiger partial charge in [0.15, 0.2) is 0 Å². The van der Waals surface area contributed by atoms with Crippen LogP contribution >= 0.6 is 0 Å². The fourth-order valence-electron chi connectivity index (χ4n) is 1.85.